The highest BCUT2D eigenvalue weighted by molar-refractivity contribution is 7.47. The van der Waals surface area contributed by atoms with Gasteiger partial charge in [0, 0.05) is 12.8 Å². The lowest BCUT2D eigenvalue weighted by atomic mass is 10.1. The second-order valence-electron chi connectivity index (χ2n) is 20.0. The molecule has 3 unspecified atom stereocenters. The van der Waals surface area contributed by atoms with Gasteiger partial charge in [-0.2, -0.15) is 0 Å². The van der Waals surface area contributed by atoms with Gasteiger partial charge in [0.1, 0.15) is 19.3 Å². The number of nitrogens with zero attached hydrogens (tertiary/aromatic N) is 1. The summed E-state index contributed by atoms with van der Waals surface area (Å²) >= 11 is 0. The van der Waals surface area contributed by atoms with Crippen molar-refractivity contribution in [3.05, 3.63) is 134 Å². The highest BCUT2D eigenvalue weighted by Gasteiger charge is 2.30. The van der Waals surface area contributed by atoms with E-state index in [0.29, 0.717) is 23.9 Å². The Kier molecular flexibility index (Phi) is 49.8. The lowest BCUT2D eigenvalue weighted by molar-refractivity contribution is -0.870. The van der Waals surface area contributed by atoms with E-state index in [9.17, 15) is 19.0 Å². The van der Waals surface area contributed by atoms with Crippen molar-refractivity contribution in [1.82, 2.24) is 5.32 Å². The number of quaternary nitrogens is 1. The predicted octanol–water partition coefficient (Wildman–Crippen LogP) is 17.7. The van der Waals surface area contributed by atoms with Gasteiger partial charge in [-0.3, -0.25) is 18.6 Å². The molecule has 0 aromatic heterocycles. The number of esters is 1. The van der Waals surface area contributed by atoms with Gasteiger partial charge in [-0.05, 0) is 115 Å². The van der Waals surface area contributed by atoms with Crippen LogP contribution in [0, 0.1) is 0 Å². The van der Waals surface area contributed by atoms with Gasteiger partial charge in [-0.25, -0.2) is 4.57 Å². The second-order valence-corrected chi connectivity index (χ2v) is 21.5. The van der Waals surface area contributed by atoms with Gasteiger partial charge in [-0.15, -0.1) is 0 Å². The van der Waals surface area contributed by atoms with E-state index in [1.807, 2.05) is 33.3 Å². The Morgan fingerprint density at radius 1 is 0.486 bits per heavy atom. The van der Waals surface area contributed by atoms with Crippen molar-refractivity contribution in [2.45, 2.75) is 219 Å². The highest BCUT2D eigenvalue weighted by Crippen LogP contribution is 2.43. The Morgan fingerprint density at radius 2 is 0.878 bits per heavy atom. The number of allylic oxidation sites excluding steroid dienone is 21. The monoisotopic (exact) mass is 1050 g/mol. The first-order valence-corrected chi connectivity index (χ1v) is 30.5. The number of carbonyl (C=O) groups is 2. The molecule has 1 amide bonds. The number of phosphoric acid groups is 1. The minimum absolute atomic E-state index is 0.0169. The molecule has 0 aliphatic carbocycles. The molecule has 420 valence electrons. The van der Waals surface area contributed by atoms with Gasteiger partial charge in [0.05, 0.1) is 33.8 Å². The topological polar surface area (TPSA) is 111 Å². The fourth-order valence-electron chi connectivity index (χ4n) is 7.41. The molecule has 0 fully saturated rings. The van der Waals surface area contributed by atoms with Crippen molar-refractivity contribution in [3.63, 3.8) is 0 Å². The molecule has 0 aromatic rings. The summed E-state index contributed by atoms with van der Waals surface area (Å²) in [6.07, 6.45) is 74.6. The number of rotatable bonds is 50. The molecule has 0 saturated carbocycles. The molecule has 0 aromatic carbocycles. The van der Waals surface area contributed by atoms with E-state index in [1.54, 1.807) is 0 Å². The van der Waals surface area contributed by atoms with Gasteiger partial charge < -0.3 is 19.4 Å². The highest BCUT2D eigenvalue weighted by atomic mass is 31.2. The Morgan fingerprint density at radius 3 is 1.32 bits per heavy atom. The lowest BCUT2D eigenvalue weighted by Gasteiger charge is -2.27. The molecule has 2 N–H and O–H groups in total. The summed E-state index contributed by atoms with van der Waals surface area (Å²) in [5, 5.41) is 3.01. The van der Waals surface area contributed by atoms with Crippen molar-refractivity contribution >= 4 is 19.7 Å². The molecule has 0 heterocycles. The van der Waals surface area contributed by atoms with Gasteiger partial charge in [-0.1, -0.05) is 213 Å². The van der Waals surface area contributed by atoms with Crippen molar-refractivity contribution in [3.8, 4) is 0 Å². The molecule has 0 rings (SSSR count). The smallest absolute Gasteiger partial charge is 0.456 e. The third-order valence-electron chi connectivity index (χ3n) is 11.8. The Hall–Kier alpha value is -3.85. The molecule has 10 heteroatoms. The Balaban J connectivity index is 5.50. The van der Waals surface area contributed by atoms with Crippen LogP contribution in [0.25, 0.3) is 0 Å². The van der Waals surface area contributed by atoms with Crippen LogP contribution in [-0.4, -0.2) is 74.3 Å². The van der Waals surface area contributed by atoms with Crippen LogP contribution in [0.3, 0.4) is 0 Å². The third-order valence-corrected chi connectivity index (χ3v) is 12.8. The molecule has 74 heavy (non-hydrogen) atoms. The van der Waals surface area contributed by atoms with Crippen LogP contribution < -0.4 is 5.32 Å². The minimum atomic E-state index is -4.48. The number of amides is 1. The van der Waals surface area contributed by atoms with Crippen LogP contribution in [0.2, 0.25) is 0 Å². The lowest BCUT2D eigenvalue weighted by Crippen LogP contribution is -2.47. The van der Waals surface area contributed by atoms with E-state index in [1.165, 1.54) is 51.4 Å². The summed E-state index contributed by atoms with van der Waals surface area (Å²) in [5.41, 5.74) is 0. The molecule has 9 nitrogen and oxygen atoms in total. The van der Waals surface area contributed by atoms with E-state index in [0.717, 1.165) is 109 Å². The van der Waals surface area contributed by atoms with Crippen molar-refractivity contribution in [1.29, 1.82) is 0 Å². The first kappa shape index (κ1) is 70.1. The number of unbranched alkanes of at least 4 members (excludes halogenated alkanes) is 14. The van der Waals surface area contributed by atoms with Crippen LogP contribution in [-0.2, 0) is 27.9 Å². The van der Waals surface area contributed by atoms with Crippen LogP contribution in [0.4, 0.5) is 0 Å². The largest absolute Gasteiger partial charge is 0.472 e. The number of hydrogen-bond acceptors (Lipinski definition) is 6. The zero-order valence-electron chi connectivity index (χ0n) is 47.8. The summed E-state index contributed by atoms with van der Waals surface area (Å²) in [4.78, 5) is 37.6. The molecule has 0 aliphatic rings. The molecular weight excluding hydrogens is 940 g/mol. The summed E-state index contributed by atoms with van der Waals surface area (Å²) in [5.74, 6) is -0.624. The maximum absolute atomic E-state index is 13.5. The SMILES string of the molecule is CC/C=C\C/C=C\C/C=C\C/C=C\C/C=C\CCCCCC(=O)NC(COP(=O)(O)OCC[N+](C)(C)C)C(/C=C/CCCCCCCCCCCC)OC(=O)CCC/C=C\C/C=C\C/C=C\C/C=C\C/C=C\CC. The summed E-state index contributed by atoms with van der Waals surface area (Å²) in [6, 6.07) is -0.898. The molecule has 0 bridgehead atoms. The van der Waals surface area contributed by atoms with E-state index >= 15 is 0 Å². The van der Waals surface area contributed by atoms with Crippen LogP contribution in [0.1, 0.15) is 207 Å². The summed E-state index contributed by atoms with van der Waals surface area (Å²) in [7, 11) is 1.42. The van der Waals surface area contributed by atoms with Crippen LogP contribution in [0.5, 0.6) is 0 Å². The Bertz CT molecular complexity index is 1730. The number of hydrogen-bond donors (Lipinski definition) is 2. The molecule has 0 spiro atoms. The van der Waals surface area contributed by atoms with Crippen molar-refractivity contribution in [2.24, 2.45) is 0 Å². The van der Waals surface area contributed by atoms with E-state index in [-0.39, 0.29) is 32.0 Å². The second kappa shape index (κ2) is 52.6. The quantitative estimate of drug-likeness (QED) is 0.0205. The van der Waals surface area contributed by atoms with Crippen molar-refractivity contribution < 1.29 is 37.3 Å². The normalized spacial score (nSPS) is 14.7. The number of likely N-dealkylation sites (N-methyl/N-ethyl adjacent to an activating group) is 1. The third kappa shape index (κ3) is 53.0. The maximum atomic E-state index is 13.5. The first-order valence-electron chi connectivity index (χ1n) is 29.0. The number of carbonyl (C=O) groups excluding carboxylic acids is 2. The van der Waals surface area contributed by atoms with Gasteiger partial charge in [0.15, 0.2) is 0 Å². The van der Waals surface area contributed by atoms with Gasteiger partial charge in [0.25, 0.3) is 0 Å². The molecule has 0 radical (unpaired) electrons. The fraction of sp³-hybridized carbons (Fsp3) is 0.625. The molecular formula is C64H108N2O7P+. The van der Waals surface area contributed by atoms with Gasteiger partial charge >= 0.3 is 13.8 Å². The zero-order valence-corrected chi connectivity index (χ0v) is 48.7. The van der Waals surface area contributed by atoms with E-state index in [4.69, 9.17) is 13.8 Å². The average molecular weight is 1050 g/mol. The summed E-state index contributed by atoms with van der Waals surface area (Å²) < 4.78 is 30.5. The van der Waals surface area contributed by atoms with Crippen molar-refractivity contribution in [2.75, 3.05) is 40.9 Å². The molecule has 0 saturated heterocycles. The predicted molar refractivity (Wildman–Crippen MR) is 318 cm³/mol. The standard InChI is InChI=1S/C64H107N2O7P/c1-7-10-13-16-19-22-25-28-30-32-33-35-36-38-41-44-47-50-53-56-63(67)65-61(60-72-74(69,70)71-59-58-66(4,5)6)62(55-52-49-46-43-40-27-24-21-18-15-12-9-3)73-64(68)57-54-51-48-45-42-39-37-34-31-29-26-23-20-17-14-11-8-2/h10-11,13-14,19-20,22-23,28-31,33,35,37-39,41,45,48,52,55,61-62H,7-9,12,15-18,21,24-27,32,34,36,40,42-44,46-47,49-51,53-54,56-60H2,1-6H3,(H-,65,67,69,70)/p+1/b13-10-,14-11-,22-19-,23-20-,30-28-,31-29-,35-33-,39-37-,41-38-,48-45-,55-52+. The fourth-order valence-corrected chi connectivity index (χ4v) is 8.15. The molecule has 0 aliphatic heterocycles. The van der Waals surface area contributed by atoms with Crippen LogP contribution in [0.15, 0.2) is 134 Å². The van der Waals surface area contributed by atoms with E-state index < -0.39 is 25.9 Å². The summed E-state index contributed by atoms with van der Waals surface area (Å²) in [6.45, 7) is 6.69. The zero-order chi connectivity index (χ0) is 54.3. The van der Waals surface area contributed by atoms with Gasteiger partial charge in [0.2, 0.25) is 5.91 Å². The van der Waals surface area contributed by atoms with Crippen LogP contribution >= 0.6 is 7.82 Å². The maximum Gasteiger partial charge on any atom is 0.472 e. The number of ether oxygens (including phenoxy) is 1. The number of phosphoric ester groups is 1. The molecule has 3 atom stereocenters. The number of nitrogens with one attached hydrogen (secondary N) is 1. The first-order chi connectivity index (χ1) is 35.9. The van der Waals surface area contributed by atoms with E-state index in [2.05, 4.69) is 148 Å². The Labute approximate surface area is 454 Å². The minimum Gasteiger partial charge on any atom is -0.456 e. The average Bonchev–Trinajstić information content (AvgIpc) is 3.36.